The van der Waals surface area contributed by atoms with E-state index in [2.05, 4.69) is 8.60 Å². The smallest absolute Gasteiger partial charge is 0.372 e. The fourth-order valence-electron chi connectivity index (χ4n) is 0.855. The topological polar surface area (TPSA) is 93.8 Å². The zero-order valence-corrected chi connectivity index (χ0v) is 8.29. The van der Waals surface area contributed by atoms with Crippen LogP contribution in [0.5, 0.6) is 5.95 Å². The van der Waals surface area contributed by atoms with Gasteiger partial charge in [0.1, 0.15) is 0 Å². The third-order valence-corrected chi connectivity index (χ3v) is 1.79. The highest BCUT2D eigenvalue weighted by atomic mass is 32.2. The van der Waals surface area contributed by atoms with Crippen LogP contribution in [0, 0.1) is 6.92 Å². The van der Waals surface area contributed by atoms with Crippen LogP contribution in [0.15, 0.2) is 10.5 Å². The number of hydrogen-bond donors (Lipinski definition) is 1. The molecule has 0 fully saturated rings. The predicted molar refractivity (Wildman–Crippen MR) is 45.9 cm³/mol. The van der Waals surface area contributed by atoms with Crippen LogP contribution in [-0.4, -0.2) is 25.7 Å². The van der Waals surface area contributed by atoms with E-state index in [4.69, 9.17) is 5.11 Å². The minimum absolute atomic E-state index is 0.302. The second-order valence-corrected chi connectivity index (χ2v) is 4.25. The van der Waals surface area contributed by atoms with E-state index in [0.717, 1.165) is 6.26 Å². The quantitative estimate of drug-likeness (QED) is 0.750. The van der Waals surface area contributed by atoms with Crippen LogP contribution in [0.1, 0.15) is 16.1 Å². The Kier molecular flexibility index (Phi) is 2.52. The summed E-state index contributed by atoms with van der Waals surface area (Å²) in [6.07, 6.45) is 0.839. The maximum Gasteiger partial charge on any atom is 0.372 e. The van der Waals surface area contributed by atoms with Gasteiger partial charge in [-0.1, -0.05) is 0 Å². The van der Waals surface area contributed by atoms with E-state index in [9.17, 15) is 13.2 Å². The van der Waals surface area contributed by atoms with Gasteiger partial charge in [0.05, 0.1) is 6.26 Å². The lowest BCUT2D eigenvalue weighted by atomic mass is 10.3. The van der Waals surface area contributed by atoms with Gasteiger partial charge < -0.3 is 13.7 Å². The Balaban J connectivity index is 3.04. The Morgan fingerprint density at radius 1 is 1.57 bits per heavy atom. The molecule has 7 heteroatoms. The normalized spacial score (nSPS) is 11.3. The van der Waals surface area contributed by atoms with E-state index in [1.54, 1.807) is 0 Å². The van der Waals surface area contributed by atoms with Gasteiger partial charge in [0.25, 0.3) is 0 Å². The van der Waals surface area contributed by atoms with Gasteiger partial charge in [0.15, 0.2) is 0 Å². The minimum Gasteiger partial charge on any atom is -0.475 e. The van der Waals surface area contributed by atoms with Gasteiger partial charge in [-0.2, -0.15) is 8.42 Å². The first-order valence-corrected chi connectivity index (χ1v) is 5.34. The van der Waals surface area contributed by atoms with Crippen molar-refractivity contribution < 1.29 is 26.9 Å². The fraction of sp³-hybridized carbons (Fsp3) is 0.286. The zero-order valence-electron chi connectivity index (χ0n) is 7.47. The number of carboxylic acids is 1. The molecular weight excluding hydrogens is 212 g/mol. The summed E-state index contributed by atoms with van der Waals surface area (Å²) in [5, 5.41) is 8.58. The highest BCUT2D eigenvalue weighted by Gasteiger charge is 2.17. The van der Waals surface area contributed by atoms with Crippen LogP contribution in [0.3, 0.4) is 0 Å². The van der Waals surface area contributed by atoms with E-state index < -0.39 is 16.1 Å². The first-order valence-electron chi connectivity index (χ1n) is 3.53. The highest BCUT2D eigenvalue weighted by Crippen LogP contribution is 2.22. The Bertz CT molecular complexity index is 455. The Morgan fingerprint density at radius 3 is 2.50 bits per heavy atom. The van der Waals surface area contributed by atoms with Gasteiger partial charge in [0.2, 0.25) is 5.76 Å². The number of carbonyl (C=O) groups is 1. The number of hydrogen-bond acceptors (Lipinski definition) is 5. The molecule has 0 spiro atoms. The number of carboxylic acid groups (broad SMARTS) is 1. The maximum atomic E-state index is 10.7. The first-order chi connectivity index (χ1) is 6.29. The predicted octanol–water partition coefficient (Wildman–Crippen LogP) is 0.625. The van der Waals surface area contributed by atoms with Crippen molar-refractivity contribution in [2.75, 3.05) is 6.26 Å². The summed E-state index contributed by atoms with van der Waals surface area (Å²) in [6.45, 7) is 1.47. The van der Waals surface area contributed by atoms with Crippen LogP contribution >= 0.6 is 0 Å². The summed E-state index contributed by atoms with van der Waals surface area (Å²) in [5.41, 5.74) is 0.302. The van der Waals surface area contributed by atoms with Crippen molar-refractivity contribution in [3.63, 3.8) is 0 Å². The Morgan fingerprint density at radius 2 is 2.14 bits per heavy atom. The molecule has 0 unspecified atom stereocenters. The molecule has 0 saturated carbocycles. The molecule has 1 heterocycles. The molecule has 1 aromatic rings. The van der Waals surface area contributed by atoms with E-state index in [1.165, 1.54) is 13.0 Å². The van der Waals surface area contributed by atoms with Crippen molar-refractivity contribution >= 4 is 16.1 Å². The molecule has 0 aliphatic heterocycles. The summed E-state index contributed by atoms with van der Waals surface area (Å²) in [6, 6.07) is 1.20. The number of aromatic carboxylic acids is 1. The molecule has 1 N–H and O–H groups in total. The third-order valence-electron chi connectivity index (χ3n) is 1.32. The third kappa shape index (κ3) is 2.49. The van der Waals surface area contributed by atoms with Gasteiger partial charge >= 0.3 is 22.0 Å². The lowest BCUT2D eigenvalue weighted by Crippen LogP contribution is -2.04. The molecule has 0 aliphatic rings. The molecule has 0 atom stereocenters. The number of furan rings is 1. The summed E-state index contributed by atoms with van der Waals surface area (Å²) >= 11 is 0. The zero-order chi connectivity index (χ0) is 10.9. The van der Waals surface area contributed by atoms with Gasteiger partial charge in [-0.05, 0) is 6.92 Å². The molecule has 0 radical (unpaired) electrons. The lowest BCUT2D eigenvalue weighted by molar-refractivity contribution is 0.0657. The fourth-order valence-corrected chi connectivity index (χ4v) is 1.24. The van der Waals surface area contributed by atoms with Crippen molar-refractivity contribution in [1.29, 1.82) is 0 Å². The lowest BCUT2D eigenvalue weighted by Gasteiger charge is -1.95. The van der Waals surface area contributed by atoms with Crippen LogP contribution in [0.2, 0.25) is 0 Å². The van der Waals surface area contributed by atoms with Crippen molar-refractivity contribution in [2.45, 2.75) is 6.92 Å². The minimum atomic E-state index is -3.69. The van der Waals surface area contributed by atoms with Gasteiger partial charge in [-0.25, -0.2) is 4.79 Å². The van der Waals surface area contributed by atoms with E-state index >= 15 is 0 Å². The number of aryl methyl sites for hydroxylation is 1. The average molecular weight is 220 g/mol. The largest absolute Gasteiger partial charge is 0.475 e. The molecule has 0 saturated heterocycles. The molecule has 0 aromatic carbocycles. The van der Waals surface area contributed by atoms with Crippen LogP contribution in [-0.2, 0) is 10.1 Å². The first kappa shape index (κ1) is 10.6. The van der Waals surface area contributed by atoms with Crippen molar-refractivity contribution in [3.05, 3.63) is 17.4 Å². The maximum absolute atomic E-state index is 10.7. The SMILES string of the molecule is Cc1cc(OS(C)(=O)=O)oc1C(=O)O. The van der Waals surface area contributed by atoms with Crippen LogP contribution < -0.4 is 4.18 Å². The standard InChI is InChI=1S/C7H8O6S/c1-4-3-5(13-14(2,10)11)12-6(4)7(8)9/h3H,1-2H3,(H,8,9). The summed E-state index contributed by atoms with van der Waals surface area (Å²) in [5.74, 6) is -1.95. The molecule has 0 bridgehead atoms. The molecule has 78 valence electrons. The Labute approximate surface area is 80.2 Å². The van der Waals surface area contributed by atoms with Gasteiger partial charge in [0, 0.05) is 11.6 Å². The highest BCUT2D eigenvalue weighted by molar-refractivity contribution is 7.86. The Hall–Kier alpha value is -1.50. The molecule has 6 nitrogen and oxygen atoms in total. The number of rotatable bonds is 3. The van der Waals surface area contributed by atoms with Crippen molar-refractivity contribution in [2.24, 2.45) is 0 Å². The van der Waals surface area contributed by atoms with Crippen molar-refractivity contribution in [3.8, 4) is 5.95 Å². The van der Waals surface area contributed by atoms with E-state index in [0.29, 0.717) is 5.56 Å². The van der Waals surface area contributed by atoms with E-state index in [-0.39, 0.29) is 11.7 Å². The monoisotopic (exact) mass is 220 g/mol. The van der Waals surface area contributed by atoms with E-state index in [1.807, 2.05) is 0 Å². The summed E-state index contributed by atoms with van der Waals surface area (Å²) < 4.78 is 30.3. The second kappa shape index (κ2) is 3.33. The van der Waals surface area contributed by atoms with Gasteiger partial charge in [-0.15, -0.1) is 0 Å². The van der Waals surface area contributed by atoms with Crippen LogP contribution in [0.4, 0.5) is 0 Å². The second-order valence-electron chi connectivity index (χ2n) is 2.67. The molecular formula is C7H8O6S. The van der Waals surface area contributed by atoms with Gasteiger partial charge in [-0.3, -0.25) is 0 Å². The van der Waals surface area contributed by atoms with Crippen molar-refractivity contribution in [1.82, 2.24) is 0 Å². The molecule has 1 aromatic heterocycles. The molecule has 14 heavy (non-hydrogen) atoms. The molecule has 1 rings (SSSR count). The molecule has 0 amide bonds. The average Bonchev–Trinajstić information content (AvgIpc) is 2.26. The summed E-state index contributed by atoms with van der Waals surface area (Å²) in [4.78, 5) is 10.5. The van der Waals surface area contributed by atoms with Crippen LogP contribution in [0.25, 0.3) is 0 Å². The molecule has 0 aliphatic carbocycles. The summed E-state index contributed by atoms with van der Waals surface area (Å²) in [7, 11) is -3.69.